The van der Waals surface area contributed by atoms with Crippen molar-refractivity contribution in [2.75, 3.05) is 0 Å². The fraction of sp³-hybridized carbons (Fsp3) is 0.464. The fourth-order valence-electron chi connectivity index (χ4n) is 4.63. The minimum atomic E-state index is -1.06. The Labute approximate surface area is 204 Å². The summed E-state index contributed by atoms with van der Waals surface area (Å²) in [6, 6.07) is 1.62. The summed E-state index contributed by atoms with van der Waals surface area (Å²) >= 11 is 0. The van der Waals surface area contributed by atoms with Crippen molar-refractivity contribution in [3.8, 4) is 23.0 Å². The molecule has 0 spiro atoms. The number of fused-ring (bicyclic) bond motifs is 3. The van der Waals surface area contributed by atoms with E-state index in [1.54, 1.807) is 19.9 Å². The Bertz CT molecular complexity index is 1410. The Morgan fingerprint density at radius 2 is 1.74 bits per heavy atom. The van der Waals surface area contributed by atoms with Crippen LogP contribution in [0.4, 0.5) is 0 Å². The van der Waals surface area contributed by atoms with Gasteiger partial charge >= 0.3 is 0 Å². The molecule has 188 valence electrons. The van der Waals surface area contributed by atoms with Crippen molar-refractivity contribution in [3.05, 3.63) is 44.6 Å². The third kappa shape index (κ3) is 4.57. The molecule has 0 amide bonds. The third-order valence-electron chi connectivity index (χ3n) is 6.66. The molecule has 0 saturated heterocycles. The number of rotatable bonds is 5. The summed E-state index contributed by atoms with van der Waals surface area (Å²) < 4.78 is 12.3. The molecule has 0 radical (unpaired) electrons. The van der Waals surface area contributed by atoms with Crippen LogP contribution >= 0.6 is 0 Å². The summed E-state index contributed by atoms with van der Waals surface area (Å²) in [6.07, 6.45) is 3.68. The van der Waals surface area contributed by atoms with Crippen LogP contribution < -0.4 is 10.2 Å². The molecule has 1 aliphatic heterocycles. The maximum atomic E-state index is 13.9. The average Bonchev–Trinajstić information content (AvgIpc) is 2.72. The van der Waals surface area contributed by atoms with Crippen LogP contribution in [0.3, 0.4) is 0 Å². The van der Waals surface area contributed by atoms with E-state index in [9.17, 15) is 25.2 Å². The standard InChI is InChI=1S/C28H34O7/c1-14(2)7-8-17-24(31)23(30)16(9-11-27(3,4)33)20-25(32)21-19(34-26(17)20)13-18-15(22(21)29)10-12-28(5,6)35-18/h7,13,29-31,33H,8-12H2,1-6H3. The number of aliphatic hydroxyl groups is 1. The Morgan fingerprint density at radius 1 is 1.09 bits per heavy atom. The molecule has 35 heavy (non-hydrogen) atoms. The second kappa shape index (κ2) is 8.48. The number of phenolic OH excluding ortho intramolecular Hbond substituents is 3. The topological polar surface area (TPSA) is 120 Å². The monoisotopic (exact) mass is 482 g/mol. The Balaban J connectivity index is 2.11. The molecule has 0 bridgehead atoms. The van der Waals surface area contributed by atoms with Gasteiger partial charge in [0.1, 0.15) is 33.7 Å². The van der Waals surface area contributed by atoms with Crippen LogP contribution in [-0.4, -0.2) is 31.6 Å². The van der Waals surface area contributed by atoms with Crippen molar-refractivity contribution < 1.29 is 29.6 Å². The lowest BCUT2D eigenvalue weighted by molar-refractivity contribution is 0.0713. The van der Waals surface area contributed by atoms with Crippen molar-refractivity contribution in [2.45, 2.75) is 84.8 Å². The molecule has 0 saturated carbocycles. The highest BCUT2D eigenvalue weighted by atomic mass is 16.5. The largest absolute Gasteiger partial charge is 0.507 e. The smallest absolute Gasteiger partial charge is 0.204 e. The predicted molar refractivity (Wildman–Crippen MR) is 136 cm³/mol. The van der Waals surface area contributed by atoms with Gasteiger partial charge in [-0.2, -0.15) is 0 Å². The number of ether oxygens (including phenoxy) is 1. The van der Waals surface area contributed by atoms with Gasteiger partial charge in [-0.15, -0.1) is 0 Å². The van der Waals surface area contributed by atoms with Crippen LogP contribution in [0.25, 0.3) is 21.9 Å². The lowest BCUT2D eigenvalue weighted by Crippen LogP contribution is -2.32. The van der Waals surface area contributed by atoms with Crippen LogP contribution in [0.2, 0.25) is 0 Å². The number of hydrogen-bond donors (Lipinski definition) is 4. The predicted octanol–water partition coefficient (Wildman–Crippen LogP) is 5.38. The van der Waals surface area contributed by atoms with Crippen LogP contribution in [0.15, 0.2) is 26.9 Å². The number of aromatic hydroxyl groups is 3. The van der Waals surface area contributed by atoms with Gasteiger partial charge < -0.3 is 29.6 Å². The fourth-order valence-corrected chi connectivity index (χ4v) is 4.63. The number of benzene rings is 2. The van der Waals surface area contributed by atoms with E-state index in [1.165, 1.54) is 0 Å². The second-order valence-electron chi connectivity index (χ2n) is 11.0. The van der Waals surface area contributed by atoms with Gasteiger partial charge in [0, 0.05) is 22.8 Å². The molecule has 0 aliphatic carbocycles. The van der Waals surface area contributed by atoms with Gasteiger partial charge in [-0.05, 0) is 73.6 Å². The van der Waals surface area contributed by atoms with Crippen LogP contribution in [0.5, 0.6) is 23.0 Å². The van der Waals surface area contributed by atoms with E-state index >= 15 is 0 Å². The van der Waals surface area contributed by atoms with Gasteiger partial charge in [0.2, 0.25) is 5.43 Å². The Hall–Kier alpha value is -3.19. The van der Waals surface area contributed by atoms with Crippen molar-refractivity contribution in [2.24, 2.45) is 0 Å². The van der Waals surface area contributed by atoms with E-state index < -0.39 is 22.4 Å². The molecule has 7 nitrogen and oxygen atoms in total. The first-order valence-corrected chi connectivity index (χ1v) is 12.0. The molecule has 7 heteroatoms. The minimum absolute atomic E-state index is 0.0160. The number of phenols is 3. The summed E-state index contributed by atoms with van der Waals surface area (Å²) in [5.74, 6) is -0.490. The zero-order valence-corrected chi connectivity index (χ0v) is 21.2. The van der Waals surface area contributed by atoms with Gasteiger partial charge in [0.15, 0.2) is 11.5 Å². The number of aryl methyl sites for hydroxylation is 1. The number of allylic oxidation sites excluding steroid dienone is 2. The highest BCUT2D eigenvalue weighted by molar-refractivity contribution is 5.99. The molecule has 0 unspecified atom stereocenters. The van der Waals surface area contributed by atoms with Gasteiger partial charge in [0.05, 0.1) is 11.0 Å². The van der Waals surface area contributed by atoms with E-state index in [1.807, 2.05) is 33.8 Å². The van der Waals surface area contributed by atoms with Crippen molar-refractivity contribution in [1.29, 1.82) is 0 Å². The maximum absolute atomic E-state index is 13.9. The van der Waals surface area contributed by atoms with E-state index in [4.69, 9.17) is 9.15 Å². The van der Waals surface area contributed by atoms with Crippen molar-refractivity contribution >= 4 is 21.9 Å². The van der Waals surface area contributed by atoms with Gasteiger partial charge in [0.25, 0.3) is 0 Å². The third-order valence-corrected chi connectivity index (χ3v) is 6.66. The highest BCUT2D eigenvalue weighted by Gasteiger charge is 2.32. The van der Waals surface area contributed by atoms with E-state index in [0.29, 0.717) is 24.2 Å². The SMILES string of the molecule is CC(C)=CCc1c(O)c(O)c(CCC(C)(C)O)c2c(=O)c3c(O)c4c(cc3oc12)OC(C)(C)CC4. The summed E-state index contributed by atoms with van der Waals surface area (Å²) in [5, 5.41) is 43.4. The van der Waals surface area contributed by atoms with Crippen LogP contribution in [0.1, 0.15) is 71.1 Å². The molecule has 2 heterocycles. The minimum Gasteiger partial charge on any atom is -0.507 e. The lowest BCUT2D eigenvalue weighted by atomic mass is 9.90. The quantitative estimate of drug-likeness (QED) is 0.219. The van der Waals surface area contributed by atoms with Gasteiger partial charge in [-0.1, -0.05) is 11.6 Å². The summed E-state index contributed by atoms with van der Waals surface area (Å²) in [7, 11) is 0. The summed E-state index contributed by atoms with van der Waals surface area (Å²) in [5.41, 5.74) is 0.330. The molecule has 4 rings (SSSR count). The van der Waals surface area contributed by atoms with E-state index in [0.717, 1.165) is 5.57 Å². The van der Waals surface area contributed by atoms with Gasteiger partial charge in [-0.3, -0.25) is 4.79 Å². The first-order valence-electron chi connectivity index (χ1n) is 12.0. The molecule has 2 aromatic carbocycles. The second-order valence-corrected chi connectivity index (χ2v) is 11.0. The lowest BCUT2D eigenvalue weighted by Gasteiger charge is -2.33. The molecule has 1 aliphatic rings. The first kappa shape index (κ1) is 24.9. The van der Waals surface area contributed by atoms with Crippen molar-refractivity contribution in [1.82, 2.24) is 0 Å². The molecule has 1 aromatic heterocycles. The Morgan fingerprint density at radius 3 is 2.37 bits per heavy atom. The van der Waals surface area contributed by atoms with E-state index in [-0.39, 0.29) is 63.8 Å². The Kier molecular flexibility index (Phi) is 6.04. The molecule has 0 atom stereocenters. The molecular weight excluding hydrogens is 448 g/mol. The van der Waals surface area contributed by atoms with Gasteiger partial charge in [-0.25, -0.2) is 0 Å². The molecule has 4 N–H and O–H groups in total. The maximum Gasteiger partial charge on any atom is 0.204 e. The summed E-state index contributed by atoms with van der Waals surface area (Å²) in [4.78, 5) is 13.9. The number of hydrogen-bond acceptors (Lipinski definition) is 7. The van der Waals surface area contributed by atoms with Crippen LogP contribution in [-0.2, 0) is 19.3 Å². The molecular formula is C28H34O7. The average molecular weight is 483 g/mol. The first-order chi connectivity index (χ1) is 16.2. The zero-order chi connectivity index (χ0) is 25.9. The van der Waals surface area contributed by atoms with Crippen LogP contribution in [0, 0.1) is 0 Å². The summed E-state index contributed by atoms with van der Waals surface area (Å²) in [6.45, 7) is 11.0. The van der Waals surface area contributed by atoms with E-state index in [2.05, 4.69) is 0 Å². The zero-order valence-electron chi connectivity index (χ0n) is 21.2. The normalized spacial score (nSPS) is 15.2. The molecule has 0 fully saturated rings. The molecule has 3 aromatic rings. The van der Waals surface area contributed by atoms with Crippen molar-refractivity contribution in [3.63, 3.8) is 0 Å². The highest BCUT2D eigenvalue weighted by Crippen LogP contribution is 2.45.